The molecule has 0 saturated carbocycles. The molecular formula is C18H17N3O2S. The molecule has 0 unspecified atom stereocenters. The lowest BCUT2D eigenvalue weighted by Gasteiger charge is -2.03. The second-order valence-corrected chi connectivity index (χ2v) is 6.42. The number of oxazole rings is 1. The van der Waals surface area contributed by atoms with Crippen molar-refractivity contribution in [2.45, 2.75) is 20.8 Å². The minimum Gasteiger partial charge on any atom is -0.441 e. The van der Waals surface area contributed by atoms with Gasteiger partial charge in [-0.25, -0.2) is 9.97 Å². The molecule has 0 aliphatic carbocycles. The van der Waals surface area contributed by atoms with Gasteiger partial charge >= 0.3 is 0 Å². The van der Waals surface area contributed by atoms with Crippen molar-refractivity contribution in [1.82, 2.24) is 9.97 Å². The van der Waals surface area contributed by atoms with Gasteiger partial charge in [-0.3, -0.25) is 4.79 Å². The topological polar surface area (TPSA) is 68.0 Å². The Morgan fingerprint density at radius 1 is 1.25 bits per heavy atom. The van der Waals surface area contributed by atoms with Gasteiger partial charge in [0.1, 0.15) is 5.76 Å². The molecule has 3 aromatic rings. The summed E-state index contributed by atoms with van der Waals surface area (Å²) in [5, 5.41) is 5.71. The average Bonchev–Trinajstić information content (AvgIpc) is 3.12. The van der Waals surface area contributed by atoms with Crippen molar-refractivity contribution in [2.24, 2.45) is 0 Å². The molecule has 1 aromatic carbocycles. The van der Waals surface area contributed by atoms with Crippen LogP contribution < -0.4 is 5.32 Å². The Kier molecular flexibility index (Phi) is 4.57. The number of aromatic nitrogens is 2. The number of amides is 1. The van der Waals surface area contributed by atoms with Gasteiger partial charge in [0, 0.05) is 22.7 Å². The van der Waals surface area contributed by atoms with E-state index in [-0.39, 0.29) is 5.91 Å². The molecule has 24 heavy (non-hydrogen) atoms. The Balaban J connectivity index is 1.72. The largest absolute Gasteiger partial charge is 0.441 e. The summed E-state index contributed by atoms with van der Waals surface area (Å²) in [4.78, 5) is 20.7. The standard InChI is InChI=1S/C18H17N3O2S/c1-11-12(2)23-18(19-11)14-5-4-6-15(9-14)21-17(22)8-7-16-10-24-13(3)20-16/h4-10H,1-3H3,(H,21,22)/b8-7+. The van der Waals surface area contributed by atoms with E-state index in [2.05, 4.69) is 15.3 Å². The van der Waals surface area contributed by atoms with E-state index in [1.54, 1.807) is 17.4 Å². The molecule has 0 radical (unpaired) electrons. The molecule has 0 aliphatic heterocycles. The minimum absolute atomic E-state index is 0.211. The minimum atomic E-state index is -0.211. The fourth-order valence-electron chi connectivity index (χ4n) is 2.13. The van der Waals surface area contributed by atoms with Crippen LogP contribution in [0.5, 0.6) is 0 Å². The number of hydrogen-bond acceptors (Lipinski definition) is 5. The van der Waals surface area contributed by atoms with Gasteiger partial charge in [-0.05, 0) is 45.0 Å². The molecule has 0 aliphatic rings. The first-order valence-electron chi connectivity index (χ1n) is 7.47. The van der Waals surface area contributed by atoms with Crippen molar-refractivity contribution < 1.29 is 9.21 Å². The van der Waals surface area contributed by atoms with E-state index in [0.29, 0.717) is 11.6 Å². The second-order valence-electron chi connectivity index (χ2n) is 5.36. The molecule has 122 valence electrons. The van der Waals surface area contributed by atoms with Gasteiger partial charge in [0.15, 0.2) is 0 Å². The van der Waals surface area contributed by atoms with Crippen LogP contribution in [0.15, 0.2) is 40.1 Å². The van der Waals surface area contributed by atoms with Gasteiger partial charge in [-0.1, -0.05) is 6.07 Å². The van der Waals surface area contributed by atoms with Gasteiger partial charge < -0.3 is 9.73 Å². The van der Waals surface area contributed by atoms with Crippen molar-refractivity contribution in [3.8, 4) is 11.5 Å². The fourth-order valence-corrected chi connectivity index (χ4v) is 2.71. The highest BCUT2D eigenvalue weighted by Crippen LogP contribution is 2.24. The lowest BCUT2D eigenvalue weighted by atomic mass is 10.2. The van der Waals surface area contributed by atoms with E-state index in [1.807, 2.05) is 50.4 Å². The van der Waals surface area contributed by atoms with Crippen LogP contribution in [0, 0.1) is 20.8 Å². The highest BCUT2D eigenvalue weighted by Gasteiger charge is 2.09. The van der Waals surface area contributed by atoms with Crippen molar-refractivity contribution in [2.75, 3.05) is 5.32 Å². The Morgan fingerprint density at radius 3 is 2.75 bits per heavy atom. The Morgan fingerprint density at radius 2 is 2.08 bits per heavy atom. The molecule has 5 nitrogen and oxygen atoms in total. The monoisotopic (exact) mass is 339 g/mol. The first-order chi connectivity index (χ1) is 11.5. The summed E-state index contributed by atoms with van der Waals surface area (Å²) < 4.78 is 5.62. The molecule has 0 bridgehead atoms. The van der Waals surface area contributed by atoms with Crippen LogP contribution in [0.1, 0.15) is 22.2 Å². The molecule has 2 heterocycles. The van der Waals surface area contributed by atoms with Gasteiger partial charge in [0.05, 0.1) is 16.4 Å². The molecule has 1 N–H and O–H groups in total. The van der Waals surface area contributed by atoms with Gasteiger partial charge in [-0.2, -0.15) is 0 Å². The van der Waals surface area contributed by atoms with Gasteiger partial charge in [0.25, 0.3) is 0 Å². The molecule has 0 spiro atoms. The maximum Gasteiger partial charge on any atom is 0.248 e. The summed E-state index contributed by atoms with van der Waals surface area (Å²) in [7, 11) is 0. The average molecular weight is 339 g/mol. The molecule has 2 aromatic heterocycles. The van der Waals surface area contributed by atoms with Gasteiger partial charge in [0.2, 0.25) is 11.8 Å². The number of thiazole rings is 1. The van der Waals surface area contributed by atoms with E-state index < -0.39 is 0 Å². The predicted octanol–water partition coefficient (Wildman–Crippen LogP) is 4.38. The number of nitrogens with zero attached hydrogens (tertiary/aromatic N) is 2. The summed E-state index contributed by atoms with van der Waals surface area (Å²) in [6.45, 7) is 5.71. The Bertz CT molecular complexity index is 889. The first kappa shape index (κ1) is 16.1. The number of aryl methyl sites for hydroxylation is 3. The number of rotatable bonds is 4. The predicted molar refractivity (Wildman–Crippen MR) is 95.9 cm³/mol. The first-order valence-corrected chi connectivity index (χ1v) is 8.35. The maximum absolute atomic E-state index is 12.0. The summed E-state index contributed by atoms with van der Waals surface area (Å²) >= 11 is 1.55. The maximum atomic E-state index is 12.0. The van der Waals surface area contributed by atoms with Crippen LogP contribution in [0.2, 0.25) is 0 Å². The van der Waals surface area contributed by atoms with Crippen molar-refractivity contribution in [1.29, 1.82) is 0 Å². The molecule has 1 amide bonds. The number of nitrogens with one attached hydrogen (secondary N) is 1. The Labute approximate surface area is 144 Å². The summed E-state index contributed by atoms with van der Waals surface area (Å²) in [6.07, 6.45) is 3.17. The van der Waals surface area contributed by atoms with Crippen LogP contribution in [-0.2, 0) is 4.79 Å². The van der Waals surface area contributed by atoms with E-state index in [1.165, 1.54) is 6.08 Å². The van der Waals surface area contributed by atoms with Crippen LogP contribution >= 0.6 is 11.3 Å². The zero-order chi connectivity index (χ0) is 17.1. The van der Waals surface area contributed by atoms with Crippen molar-refractivity contribution in [3.63, 3.8) is 0 Å². The van der Waals surface area contributed by atoms with Crippen LogP contribution in [0.4, 0.5) is 5.69 Å². The SMILES string of the molecule is Cc1nc(/C=C/C(=O)Nc2cccc(-c3nc(C)c(C)o3)c2)cs1. The van der Waals surface area contributed by atoms with Gasteiger partial charge in [-0.15, -0.1) is 11.3 Å². The fraction of sp³-hybridized carbons (Fsp3) is 0.167. The number of benzene rings is 1. The van der Waals surface area contributed by atoms with Crippen LogP contribution in [-0.4, -0.2) is 15.9 Å². The summed E-state index contributed by atoms with van der Waals surface area (Å²) in [6, 6.07) is 7.41. The second kappa shape index (κ2) is 6.80. The molecule has 0 fully saturated rings. The van der Waals surface area contributed by atoms with Crippen LogP contribution in [0.25, 0.3) is 17.5 Å². The molecule has 0 atom stereocenters. The zero-order valence-electron chi connectivity index (χ0n) is 13.7. The van der Waals surface area contributed by atoms with E-state index in [9.17, 15) is 4.79 Å². The van der Waals surface area contributed by atoms with E-state index >= 15 is 0 Å². The molecular weight excluding hydrogens is 322 g/mol. The lowest BCUT2D eigenvalue weighted by molar-refractivity contribution is -0.111. The third kappa shape index (κ3) is 3.78. The third-order valence-corrected chi connectivity index (χ3v) is 4.24. The summed E-state index contributed by atoms with van der Waals surface area (Å²) in [5.41, 5.74) is 3.15. The normalized spacial score (nSPS) is 11.1. The Hall–Kier alpha value is -2.73. The molecule has 6 heteroatoms. The third-order valence-electron chi connectivity index (χ3n) is 3.45. The van der Waals surface area contributed by atoms with E-state index in [0.717, 1.165) is 27.7 Å². The van der Waals surface area contributed by atoms with Crippen molar-refractivity contribution >= 4 is 29.0 Å². The number of hydrogen-bond donors (Lipinski definition) is 1. The lowest BCUT2D eigenvalue weighted by Crippen LogP contribution is -2.07. The number of anilines is 1. The molecule has 3 rings (SSSR count). The quantitative estimate of drug-likeness (QED) is 0.717. The number of carbonyl (C=O) groups excluding carboxylic acids is 1. The number of carbonyl (C=O) groups is 1. The summed E-state index contributed by atoms with van der Waals surface area (Å²) in [5.74, 6) is 1.13. The zero-order valence-corrected chi connectivity index (χ0v) is 14.5. The van der Waals surface area contributed by atoms with E-state index in [4.69, 9.17) is 4.42 Å². The molecule has 0 saturated heterocycles. The van der Waals surface area contributed by atoms with Crippen LogP contribution in [0.3, 0.4) is 0 Å². The highest BCUT2D eigenvalue weighted by atomic mass is 32.1. The smallest absolute Gasteiger partial charge is 0.248 e. The highest BCUT2D eigenvalue weighted by molar-refractivity contribution is 7.09. The van der Waals surface area contributed by atoms with Crippen molar-refractivity contribution in [3.05, 3.63) is 57.9 Å².